The molecule has 136 valence electrons. The van der Waals surface area contributed by atoms with E-state index in [1.807, 2.05) is 50.2 Å². The Kier molecular flexibility index (Phi) is 5.68. The number of nitrogens with one attached hydrogen (secondary N) is 3. The van der Waals surface area contributed by atoms with E-state index in [1.165, 1.54) is 0 Å². The number of anilines is 1. The number of amides is 2. The molecule has 0 fully saturated rings. The number of carbonyl (C=O) groups excluding carboxylic acids is 1. The Hall–Kier alpha value is -3.09. The van der Waals surface area contributed by atoms with Crippen LogP contribution in [0.5, 0.6) is 0 Å². The van der Waals surface area contributed by atoms with E-state index in [0.29, 0.717) is 11.5 Å². The molecule has 1 aromatic carbocycles. The predicted molar refractivity (Wildman–Crippen MR) is 99.8 cm³/mol. The van der Waals surface area contributed by atoms with Crippen molar-refractivity contribution in [3.63, 3.8) is 0 Å². The summed E-state index contributed by atoms with van der Waals surface area (Å²) in [7, 11) is 0. The second-order valence-corrected chi connectivity index (χ2v) is 6.16. The maximum Gasteiger partial charge on any atom is 0.319 e. The van der Waals surface area contributed by atoms with Gasteiger partial charge in [0.2, 0.25) is 0 Å². The molecular formula is C19H23N5O2. The van der Waals surface area contributed by atoms with Gasteiger partial charge in [-0.15, -0.1) is 0 Å². The molecule has 0 aliphatic rings. The molecule has 2 amide bonds. The van der Waals surface area contributed by atoms with Crippen molar-refractivity contribution in [2.75, 3.05) is 5.32 Å². The monoisotopic (exact) mass is 353 g/mol. The van der Waals surface area contributed by atoms with E-state index in [0.717, 1.165) is 36.4 Å². The molecule has 0 radical (unpaired) electrons. The average molecular weight is 353 g/mol. The number of H-pyrrole nitrogens is 1. The first-order chi connectivity index (χ1) is 12.6. The van der Waals surface area contributed by atoms with Gasteiger partial charge in [0.15, 0.2) is 5.82 Å². The largest absolute Gasteiger partial charge is 0.469 e. The van der Waals surface area contributed by atoms with Gasteiger partial charge in [-0.05, 0) is 37.6 Å². The third-order valence-corrected chi connectivity index (χ3v) is 4.03. The highest BCUT2D eigenvalue weighted by molar-refractivity contribution is 5.90. The van der Waals surface area contributed by atoms with Crippen molar-refractivity contribution in [3.05, 3.63) is 54.2 Å². The number of carbonyl (C=O) groups is 1. The summed E-state index contributed by atoms with van der Waals surface area (Å²) >= 11 is 0. The summed E-state index contributed by atoms with van der Waals surface area (Å²) in [6, 6.07) is 11.1. The minimum Gasteiger partial charge on any atom is -0.469 e. The number of aromatic amines is 1. The van der Waals surface area contributed by atoms with Crippen molar-refractivity contribution in [1.29, 1.82) is 0 Å². The van der Waals surface area contributed by atoms with E-state index in [9.17, 15) is 4.79 Å². The summed E-state index contributed by atoms with van der Waals surface area (Å²) in [4.78, 5) is 16.6. The molecule has 0 bridgehead atoms. The first-order valence-corrected chi connectivity index (χ1v) is 8.75. The van der Waals surface area contributed by atoms with E-state index >= 15 is 0 Å². The molecule has 2 aromatic heterocycles. The number of nitrogens with zero attached hydrogens (tertiary/aromatic N) is 2. The van der Waals surface area contributed by atoms with Crippen LogP contribution in [0, 0.1) is 0 Å². The van der Waals surface area contributed by atoms with Crippen molar-refractivity contribution in [2.24, 2.45) is 0 Å². The zero-order chi connectivity index (χ0) is 18.4. The Balaban J connectivity index is 1.54. The number of hydrogen-bond acceptors (Lipinski definition) is 4. The summed E-state index contributed by atoms with van der Waals surface area (Å²) in [5, 5.41) is 12.9. The molecule has 3 N–H and O–H groups in total. The molecular weight excluding hydrogens is 330 g/mol. The minimum absolute atomic E-state index is 0.0309. The first-order valence-electron chi connectivity index (χ1n) is 8.75. The quantitative estimate of drug-likeness (QED) is 0.602. The maximum atomic E-state index is 12.2. The molecule has 26 heavy (non-hydrogen) atoms. The van der Waals surface area contributed by atoms with Gasteiger partial charge < -0.3 is 15.1 Å². The normalized spacial score (nSPS) is 11.9. The van der Waals surface area contributed by atoms with E-state index in [2.05, 4.69) is 25.8 Å². The third kappa shape index (κ3) is 4.72. The highest BCUT2D eigenvalue weighted by Crippen LogP contribution is 2.19. The van der Waals surface area contributed by atoms with Crippen LogP contribution in [0.4, 0.5) is 10.5 Å². The van der Waals surface area contributed by atoms with E-state index < -0.39 is 0 Å². The molecule has 0 spiro atoms. The fourth-order valence-corrected chi connectivity index (χ4v) is 2.60. The molecule has 3 rings (SSSR count). The van der Waals surface area contributed by atoms with Gasteiger partial charge in [0.1, 0.15) is 11.6 Å². The molecule has 0 aliphatic carbocycles. The van der Waals surface area contributed by atoms with Gasteiger partial charge in [0.05, 0.1) is 6.26 Å². The number of hydrogen-bond donors (Lipinski definition) is 3. The summed E-state index contributed by atoms with van der Waals surface area (Å²) < 4.78 is 5.31. The lowest BCUT2D eigenvalue weighted by Gasteiger charge is -2.14. The molecule has 0 aliphatic heterocycles. The van der Waals surface area contributed by atoms with E-state index in [-0.39, 0.29) is 12.1 Å². The van der Waals surface area contributed by atoms with Crippen LogP contribution in [-0.2, 0) is 12.8 Å². The van der Waals surface area contributed by atoms with Crippen LogP contribution in [0.2, 0.25) is 0 Å². The molecule has 0 saturated heterocycles. The van der Waals surface area contributed by atoms with Gasteiger partial charge >= 0.3 is 6.03 Å². The van der Waals surface area contributed by atoms with E-state index in [1.54, 1.807) is 6.26 Å². The van der Waals surface area contributed by atoms with Gasteiger partial charge in [-0.25, -0.2) is 9.78 Å². The zero-order valence-corrected chi connectivity index (χ0v) is 15.0. The smallest absolute Gasteiger partial charge is 0.319 e. The number of aromatic nitrogens is 3. The lowest BCUT2D eigenvalue weighted by molar-refractivity contribution is 0.248. The van der Waals surface area contributed by atoms with Gasteiger partial charge in [0.25, 0.3) is 0 Å². The number of rotatable bonds is 7. The maximum absolute atomic E-state index is 12.2. The molecule has 1 atom stereocenters. The highest BCUT2D eigenvalue weighted by Gasteiger charge is 2.10. The second-order valence-electron chi connectivity index (χ2n) is 6.16. The van der Waals surface area contributed by atoms with Gasteiger partial charge in [-0.3, -0.25) is 5.10 Å². The van der Waals surface area contributed by atoms with Crippen molar-refractivity contribution in [3.8, 4) is 11.4 Å². The topological polar surface area (TPSA) is 95.8 Å². The lowest BCUT2D eigenvalue weighted by Crippen LogP contribution is -2.36. The van der Waals surface area contributed by atoms with Crippen LogP contribution in [0.1, 0.15) is 31.9 Å². The van der Waals surface area contributed by atoms with Gasteiger partial charge in [-0.2, -0.15) is 5.10 Å². The summed E-state index contributed by atoms with van der Waals surface area (Å²) in [6.07, 6.45) is 4.04. The number of benzene rings is 1. The van der Waals surface area contributed by atoms with Crippen LogP contribution in [0.3, 0.4) is 0 Å². The number of furan rings is 1. The Morgan fingerprint density at radius 3 is 2.92 bits per heavy atom. The Labute approximate surface area is 152 Å². The molecule has 0 unspecified atom stereocenters. The minimum atomic E-state index is -0.238. The predicted octanol–water partition coefficient (Wildman–Crippen LogP) is 3.77. The fourth-order valence-electron chi connectivity index (χ4n) is 2.60. The highest BCUT2D eigenvalue weighted by atomic mass is 16.3. The van der Waals surface area contributed by atoms with Crippen molar-refractivity contribution in [2.45, 2.75) is 39.2 Å². The van der Waals surface area contributed by atoms with Crippen molar-refractivity contribution < 1.29 is 9.21 Å². The van der Waals surface area contributed by atoms with Crippen LogP contribution >= 0.6 is 0 Å². The standard InChI is InChI=1S/C19H23N5O2/c1-3-17-22-18(24-23-17)14-6-4-7-15(12-14)21-19(25)20-13(2)9-10-16-8-5-11-26-16/h4-8,11-13H,3,9-10H2,1-2H3,(H2,20,21,25)(H,22,23,24)/t13-/m0/s1. The zero-order valence-electron chi connectivity index (χ0n) is 15.0. The van der Waals surface area contributed by atoms with E-state index in [4.69, 9.17) is 4.42 Å². The molecule has 2 heterocycles. The molecule has 7 heteroatoms. The van der Waals surface area contributed by atoms with Gasteiger partial charge in [-0.1, -0.05) is 19.1 Å². The Morgan fingerprint density at radius 2 is 2.19 bits per heavy atom. The SMILES string of the molecule is CCc1nc(-c2cccc(NC(=O)N[C@@H](C)CCc3ccco3)c2)n[nH]1. The lowest BCUT2D eigenvalue weighted by atomic mass is 10.1. The molecule has 3 aromatic rings. The summed E-state index contributed by atoms with van der Waals surface area (Å²) in [6.45, 7) is 3.98. The van der Waals surface area contributed by atoms with Crippen molar-refractivity contribution >= 4 is 11.7 Å². The van der Waals surface area contributed by atoms with Crippen LogP contribution in [0.15, 0.2) is 47.1 Å². The first kappa shape index (κ1) is 17.7. The summed E-state index contributed by atoms with van der Waals surface area (Å²) in [5.41, 5.74) is 1.55. The van der Waals surface area contributed by atoms with Crippen LogP contribution < -0.4 is 10.6 Å². The van der Waals surface area contributed by atoms with Gasteiger partial charge in [0, 0.05) is 30.1 Å². The average Bonchev–Trinajstić information content (AvgIpc) is 3.31. The molecule has 7 nitrogen and oxygen atoms in total. The third-order valence-electron chi connectivity index (χ3n) is 4.03. The number of aryl methyl sites for hydroxylation is 2. The van der Waals surface area contributed by atoms with Crippen LogP contribution in [0.25, 0.3) is 11.4 Å². The number of urea groups is 1. The van der Waals surface area contributed by atoms with Crippen molar-refractivity contribution in [1.82, 2.24) is 20.5 Å². The molecule has 0 saturated carbocycles. The fraction of sp³-hybridized carbons (Fsp3) is 0.316. The Morgan fingerprint density at radius 1 is 1.31 bits per heavy atom. The second kappa shape index (κ2) is 8.33. The van der Waals surface area contributed by atoms with Crippen LogP contribution in [-0.4, -0.2) is 27.3 Å². The summed E-state index contributed by atoms with van der Waals surface area (Å²) in [5.74, 6) is 2.38. The Bertz CT molecular complexity index is 841.